The molecule has 2 fully saturated rings. The van der Waals surface area contributed by atoms with E-state index in [4.69, 9.17) is 10.00 Å². The zero-order chi connectivity index (χ0) is 15.4. The Labute approximate surface area is 130 Å². The van der Waals surface area contributed by atoms with E-state index in [2.05, 4.69) is 16.7 Å². The van der Waals surface area contributed by atoms with Crippen molar-refractivity contribution in [3.8, 4) is 6.07 Å². The highest BCUT2D eigenvalue weighted by atomic mass is 16.5. The standard InChI is InChI=1S/C17H21N3O2/c18-10-12-2-1-3-13(8-12)11-19-17(21)20-15-6-7-22-16(9-15)14-4-5-14/h1-3,8,14-16H,4-7,9,11H2,(H2,19,20,21)/t15-,16-/m1/s1. The molecule has 1 saturated heterocycles. The van der Waals surface area contributed by atoms with Crippen molar-refractivity contribution in [2.24, 2.45) is 5.92 Å². The molecule has 116 valence electrons. The lowest BCUT2D eigenvalue weighted by Gasteiger charge is -2.30. The minimum Gasteiger partial charge on any atom is -0.378 e. The van der Waals surface area contributed by atoms with E-state index in [1.807, 2.05) is 12.1 Å². The minimum absolute atomic E-state index is 0.149. The molecule has 0 bridgehead atoms. The molecule has 1 heterocycles. The summed E-state index contributed by atoms with van der Waals surface area (Å²) >= 11 is 0. The highest BCUT2D eigenvalue weighted by molar-refractivity contribution is 5.74. The molecule has 2 atom stereocenters. The number of benzene rings is 1. The summed E-state index contributed by atoms with van der Waals surface area (Å²) in [6.07, 6.45) is 4.64. The SMILES string of the molecule is N#Cc1cccc(CNC(=O)N[C@@H]2CCO[C@@H](C3CC3)C2)c1. The average Bonchev–Trinajstić information content (AvgIpc) is 3.38. The Bertz CT molecular complexity index is 578. The van der Waals surface area contributed by atoms with Crippen LogP contribution in [0.5, 0.6) is 0 Å². The third-order valence-electron chi connectivity index (χ3n) is 4.31. The number of hydrogen-bond donors (Lipinski definition) is 2. The number of rotatable bonds is 4. The third kappa shape index (κ3) is 3.99. The van der Waals surface area contributed by atoms with Crippen molar-refractivity contribution in [3.63, 3.8) is 0 Å². The van der Waals surface area contributed by atoms with Gasteiger partial charge in [-0.2, -0.15) is 5.26 Å². The Hall–Kier alpha value is -2.06. The molecule has 0 spiro atoms. The first kappa shape index (κ1) is 14.9. The molecule has 3 rings (SSSR count). The van der Waals surface area contributed by atoms with Crippen LogP contribution in [0.25, 0.3) is 0 Å². The zero-order valence-corrected chi connectivity index (χ0v) is 12.5. The Kier molecular flexibility index (Phi) is 4.59. The van der Waals surface area contributed by atoms with Gasteiger partial charge in [-0.05, 0) is 49.3 Å². The van der Waals surface area contributed by atoms with Crippen LogP contribution in [0.15, 0.2) is 24.3 Å². The second kappa shape index (κ2) is 6.80. The number of nitriles is 1. The summed E-state index contributed by atoms with van der Waals surface area (Å²) in [6.45, 7) is 1.16. The molecule has 0 radical (unpaired) electrons. The van der Waals surface area contributed by atoms with Crippen molar-refractivity contribution < 1.29 is 9.53 Å². The molecular weight excluding hydrogens is 278 g/mol. The van der Waals surface area contributed by atoms with Gasteiger partial charge in [0.25, 0.3) is 0 Å². The number of ether oxygens (including phenoxy) is 1. The normalized spacial score (nSPS) is 24.3. The van der Waals surface area contributed by atoms with Crippen LogP contribution >= 0.6 is 0 Å². The maximum absolute atomic E-state index is 12.0. The Morgan fingerprint density at radius 2 is 2.23 bits per heavy atom. The summed E-state index contributed by atoms with van der Waals surface area (Å²) < 4.78 is 5.77. The van der Waals surface area contributed by atoms with Crippen LogP contribution in [-0.2, 0) is 11.3 Å². The number of nitrogens with zero attached hydrogens (tertiary/aromatic N) is 1. The van der Waals surface area contributed by atoms with Crippen LogP contribution in [-0.4, -0.2) is 24.8 Å². The third-order valence-corrected chi connectivity index (χ3v) is 4.31. The predicted molar refractivity (Wildman–Crippen MR) is 82.0 cm³/mol. The summed E-state index contributed by atoms with van der Waals surface area (Å²) in [5.74, 6) is 0.710. The van der Waals surface area contributed by atoms with Crippen molar-refractivity contribution in [1.29, 1.82) is 5.26 Å². The first-order valence-electron chi connectivity index (χ1n) is 7.89. The van der Waals surface area contributed by atoms with Crippen molar-refractivity contribution in [2.75, 3.05) is 6.61 Å². The van der Waals surface area contributed by atoms with Gasteiger partial charge in [0.05, 0.1) is 17.7 Å². The molecule has 1 aliphatic carbocycles. The van der Waals surface area contributed by atoms with E-state index in [1.54, 1.807) is 12.1 Å². The number of urea groups is 1. The van der Waals surface area contributed by atoms with E-state index < -0.39 is 0 Å². The lowest BCUT2D eigenvalue weighted by atomic mass is 10.0. The Balaban J connectivity index is 1.44. The van der Waals surface area contributed by atoms with Gasteiger partial charge >= 0.3 is 6.03 Å². The molecule has 1 aromatic rings. The average molecular weight is 299 g/mol. The van der Waals surface area contributed by atoms with Crippen molar-refractivity contribution in [3.05, 3.63) is 35.4 Å². The summed E-state index contributed by atoms with van der Waals surface area (Å²) in [5.41, 5.74) is 1.54. The fourth-order valence-corrected chi connectivity index (χ4v) is 2.93. The van der Waals surface area contributed by atoms with Gasteiger partial charge < -0.3 is 15.4 Å². The minimum atomic E-state index is -0.149. The van der Waals surface area contributed by atoms with Gasteiger partial charge in [-0.15, -0.1) is 0 Å². The molecule has 2 amide bonds. The second-order valence-corrected chi connectivity index (χ2v) is 6.11. The monoisotopic (exact) mass is 299 g/mol. The first-order valence-corrected chi connectivity index (χ1v) is 7.89. The number of carbonyl (C=O) groups is 1. The fraction of sp³-hybridized carbons (Fsp3) is 0.529. The lowest BCUT2D eigenvalue weighted by molar-refractivity contribution is -0.00914. The number of amides is 2. The summed E-state index contributed by atoms with van der Waals surface area (Å²) in [4.78, 5) is 12.0. The molecule has 1 saturated carbocycles. The highest BCUT2D eigenvalue weighted by Gasteiger charge is 2.36. The van der Waals surface area contributed by atoms with Gasteiger partial charge in [0.2, 0.25) is 0 Å². The lowest BCUT2D eigenvalue weighted by Crippen LogP contribution is -2.46. The highest BCUT2D eigenvalue weighted by Crippen LogP contribution is 2.38. The fourth-order valence-electron chi connectivity index (χ4n) is 2.93. The number of hydrogen-bond acceptors (Lipinski definition) is 3. The molecule has 0 aromatic heterocycles. The van der Waals surface area contributed by atoms with E-state index in [-0.39, 0.29) is 12.1 Å². The van der Waals surface area contributed by atoms with Gasteiger partial charge in [-0.1, -0.05) is 12.1 Å². The van der Waals surface area contributed by atoms with Gasteiger partial charge in [0.15, 0.2) is 0 Å². The first-order chi connectivity index (χ1) is 10.7. The molecular formula is C17H21N3O2. The van der Waals surface area contributed by atoms with Crippen molar-refractivity contribution in [1.82, 2.24) is 10.6 Å². The molecule has 1 aromatic carbocycles. The van der Waals surface area contributed by atoms with E-state index in [1.165, 1.54) is 12.8 Å². The smallest absolute Gasteiger partial charge is 0.315 e. The zero-order valence-electron chi connectivity index (χ0n) is 12.5. The quantitative estimate of drug-likeness (QED) is 0.896. The van der Waals surface area contributed by atoms with E-state index in [0.717, 1.165) is 25.0 Å². The van der Waals surface area contributed by atoms with Gasteiger partial charge in [-0.25, -0.2) is 4.79 Å². The van der Waals surface area contributed by atoms with Gasteiger partial charge in [0, 0.05) is 19.2 Å². The van der Waals surface area contributed by atoms with Crippen LogP contribution in [0.3, 0.4) is 0 Å². The molecule has 0 unspecified atom stereocenters. The van der Waals surface area contributed by atoms with Gasteiger partial charge in [0.1, 0.15) is 0 Å². The van der Waals surface area contributed by atoms with E-state index in [9.17, 15) is 4.79 Å². The van der Waals surface area contributed by atoms with Crippen LogP contribution < -0.4 is 10.6 Å². The Morgan fingerprint density at radius 1 is 1.36 bits per heavy atom. The van der Waals surface area contributed by atoms with Gasteiger partial charge in [-0.3, -0.25) is 0 Å². The molecule has 1 aliphatic heterocycles. The van der Waals surface area contributed by atoms with Crippen LogP contribution in [0.4, 0.5) is 4.79 Å². The maximum Gasteiger partial charge on any atom is 0.315 e. The molecule has 2 N–H and O–H groups in total. The van der Waals surface area contributed by atoms with Crippen molar-refractivity contribution in [2.45, 2.75) is 44.4 Å². The summed E-state index contributed by atoms with van der Waals surface area (Å²) in [6, 6.07) is 9.42. The maximum atomic E-state index is 12.0. The molecule has 22 heavy (non-hydrogen) atoms. The molecule has 2 aliphatic rings. The predicted octanol–water partition coefficient (Wildman–Crippen LogP) is 2.32. The molecule has 5 heteroatoms. The van der Waals surface area contributed by atoms with Crippen LogP contribution in [0, 0.1) is 17.2 Å². The second-order valence-electron chi connectivity index (χ2n) is 6.11. The summed E-state index contributed by atoms with van der Waals surface area (Å²) in [7, 11) is 0. The largest absolute Gasteiger partial charge is 0.378 e. The summed E-state index contributed by atoms with van der Waals surface area (Å²) in [5, 5.41) is 14.8. The van der Waals surface area contributed by atoms with Crippen molar-refractivity contribution >= 4 is 6.03 Å². The topological polar surface area (TPSA) is 74.2 Å². The number of nitrogens with one attached hydrogen (secondary N) is 2. The number of carbonyl (C=O) groups excluding carboxylic acids is 1. The molecule has 5 nitrogen and oxygen atoms in total. The van der Waals surface area contributed by atoms with Crippen LogP contribution in [0.2, 0.25) is 0 Å². The van der Waals surface area contributed by atoms with Crippen LogP contribution in [0.1, 0.15) is 36.8 Å². The van der Waals surface area contributed by atoms with E-state index in [0.29, 0.717) is 24.1 Å². The Morgan fingerprint density at radius 3 is 3.00 bits per heavy atom. The van der Waals surface area contributed by atoms with E-state index >= 15 is 0 Å².